The van der Waals surface area contributed by atoms with Gasteiger partial charge in [-0.25, -0.2) is 0 Å². The van der Waals surface area contributed by atoms with Crippen LogP contribution in [0.25, 0.3) is 91.8 Å². The number of fused-ring (bicyclic) bond motifs is 7. The highest BCUT2D eigenvalue weighted by Crippen LogP contribution is 2.44. The first kappa shape index (κ1) is 35.2. The van der Waals surface area contributed by atoms with Crippen molar-refractivity contribution in [2.45, 2.75) is 0 Å². The molecular weight excluding hydrogens is 757 g/mol. The Bertz CT molecular complexity index is 3590. The van der Waals surface area contributed by atoms with Crippen LogP contribution in [0.15, 0.2) is 231 Å². The van der Waals surface area contributed by atoms with Gasteiger partial charge in [-0.2, -0.15) is 0 Å². The van der Waals surface area contributed by atoms with E-state index in [-0.39, 0.29) is 0 Å². The molecule has 0 saturated heterocycles. The molecule has 0 bridgehead atoms. The fourth-order valence-corrected chi connectivity index (χ4v) is 10.6. The minimum absolute atomic E-state index is 1.10. The second kappa shape index (κ2) is 14.5. The van der Waals surface area contributed by atoms with Gasteiger partial charge in [0.05, 0.1) is 27.1 Å². The van der Waals surface area contributed by atoms with E-state index in [0.717, 1.165) is 22.6 Å². The largest absolute Gasteiger partial charge is 0.310 e. The van der Waals surface area contributed by atoms with Gasteiger partial charge < -0.3 is 9.47 Å². The van der Waals surface area contributed by atoms with Gasteiger partial charge in [0.2, 0.25) is 0 Å². The highest BCUT2D eigenvalue weighted by Gasteiger charge is 2.20. The summed E-state index contributed by atoms with van der Waals surface area (Å²) in [5, 5.41) is 7.54. The molecule has 0 aliphatic rings. The molecule has 2 nitrogen and oxygen atoms in total. The molecule has 2 aromatic heterocycles. The molecule has 0 fully saturated rings. The Morgan fingerprint density at radius 3 is 1.79 bits per heavy atom. The zero-order valence-electron chi connectivity index (χ0n) is 33.2. The van der Waals surface area contributed by atoms with Gasteiger partial charge in [0, 0.05) is 43.0 Å². The third-order valence-electron chi connectivity index (χ3n) is 12.2. The Labute approximate surface area is 358 Å². The van der Waals surface area contributed by atoms with E-state index in [4.69, 9.17) is 0 Å². The van der Waals surface area contributed by atoms with Gasteiger partial charge in [-0.1, -0.05) is 176 Å². The van der Waals surface area contributed by atoms with Crippen molar-refractivity contribution in [2.24, 2.45) is 0 Å². The zero-order chi connectivity index (χ0) is 40.3. The first-order valence-corrected chi connectivity index (χ1v) is 21.7. The molecule has 10 aromatic carbocycles. The van der Waals surface area contributed by atoms with Crippen LogP contribution >= 0.6 is 11.3 Å². The Morgan fingerprint density at radius 1 is 0.344 bits per heavy atom. The van der Waals surface area contributed by atoms with Gasteiger partial charge in [-0.3, -0.25) is 0 Å². The molecule has 0 radical (unpaired) electrons. The number of anilines is 3. The van der Waals surface area contributed by atoms with E-state index in [2.05, 4.69) is 240 Å². The fraction of sp³-hybridized carbons (Fsp3) is 0. The smallest absolute Gasteiger partial charge is 0.0640 e. The highest BCUT2D eigenvalue weighted by molar-refractivity contribution is 7.26. The van der Waals surface area contributed by atoms with Crippen molar-refractivity contribution < 1.29 is 0 Å². The zero-order valence-corrected chi connectivity index (χ0v) is 34.1. The molecular formula is C58H38N2S. The molecule has 0 unspecified atom stereocenters. The summed E-state index contributed by atoms with van der Waals surface area (Å²) in [6.07, 6.45) is 0. The van der Waals surface area contributed by atoms with E-state index >= 15 is 0 Å². The van der Waals surface area contributed by atoms with Crippen molar-refractivity contribution in [3.05, 3.63) is 231 Å². The van der Waals surface area contributed by atoms with Crippen LogP contribution in [0.4, 0.5) is 17.1 Å². The second-order valence-corrected chi connectivity index (χ2v) is 16.7. The Balaban J connectivity index is 1.01. The minimum atomic E-state index is 1.10. The van der Waals surface area contributed by atoms with Crippen LogP contribution in [0.3, 0.4) is 0 Å². The van der Waals surface area contributed by atoms with Crippen LogP contribution in [-0.2, 0) is 0 Å². The molecule has 2 heterocycles. The molecule has 12 aromatic rings. The molecule has 61 heavy (non-hydrogen) atoms. The normalized spacial score (nSPS) is 11.6. The van der Waals surface area contributed by atoms with Crippen LogP contribution in [0, 0.1) is 0 Å². The van der Waals surface area contributed by atoms with Gasteiger partial charge in [-0.15, -0.1) is 11.3 Å². The summed E-state index contributed by atoms with van der Waals surface area (Å²) in [6.45, 7) is 0. The molecule has 0 amide bonds. The summed E-state index contributed by atoms with van der Waals surface area (Å²) in [7, 11) is 0. The Hall–Kier alpha value is -7.72. The van der Waals surface area contributed by atoms with Crippen molar-refractivity contribution in [1.29, 1.82) is 0 Å². The predicted molar refractivity (Wildman–Crippen MR) is 262 cm³/mol. The predicted octanol–water partition coefficient (Wildman–Crippen LogP) is 16.8. The van der Waals surface area contributed by atoms with Crippen molar-refractivity contribution in [3.8, 4) is 39.1 Å². The lowest BCUT2D eigenvalue weighted by Gasteiger charge is -2.27. The van der Waals surface area contributed by atoms with Crippen molar-refractivity contribution in [2.75, 3.05) is 4.90 Å². The van der Waals surface area contributed by atoms with E-state index in [9.17, 15) is 0 Å². The maximum absolute atomic E-state index is 2.49. The number of rotatable bonds is 7. The topological polar surface area (TPSA) is 8.17 Å². The van der Waals surface area contributed by atoms with Crippen LogP contribution in [-0.4, -0.2) is 4.57 Å². The number of benzene rings is 10. The molecule has 286 valence electrons. The van der Waals surface area contributed by atoms with Gasteiger partial charge in [0.1, 0.15) is 0 Å². The van der Waals surface area contributed by atoms with Crippen LogP contribution < -0.4 is 4.90 Å². The van der Waals surface area contributed by atoms with Gasteiger partial charge in [-0.05, 0) is 93.4 Å². The quantitative estimate of drug-likeness (QED) is 0.156. The van der Waals surface area contributed by atoms with Crippen molar-refractivity contribution >= 4 is 81.1 Å². The molecule has 0 saturated carbocycles. The summed E-state index contributed by atoms with van der Waals surface area (Å²) in [5.74, 6) is 0. The number of hydrogen-bond acceptors (Lipinski definition) is 2. The first-order chi connectivity index (χ1) is 30.3. The molecule has 0 N–H and O–H groups in total. The van der Waals surface area contributed by atoms with Crippen LogP contribution in [0.1, 0.15) is 0 Å². The molecule has 0 atom stereocenters. The maximum Gasteiger partial charge on any atom is 0.0640 e. The Kier molecular flexibility index (Phi) is 8.39. The fourth-order valence-electron chi connectivity index (χ4n) is 9.37. The average Bonchev–Trinajstić information content (AvgIpc) is 3.88. The van der Waals surface area contributed by atoms with Gasteiger partial charge >= 0.3 is 0 Å². The van der Waals surface area contributed by atoms with Gasteiger partial charge in [0.25, 0.3) is 0 Å². The summed E-state index contributed by atoms with van der Waals surface area (Å²) < 4.78 is 5.10. The third-order valence-corrected chi connectivity index (χ3v) is 13.4. The van der Waals surface area contributed by atoms with Crippen molar-refractivity contribution in [1.82, 2.24) is 4.57 Å². The summed E-state index contributed by atoms with van der Waals surface area (Å²) in [6, 6.07) is 84.1. The number of nitrogens with zero attached hydrogens (tertiary/aromatic N) is 2. The monoisotopic (exact) mass is 794 g/mol. The lowest BCUT2D eigenvalue weighted by molar-refractivity contribution is 1.20. The van der Waals surface area contributed by atoms with Crippen molar-refractivity contribution in [3.63, 3.8) is 0 Å². The van der Waals surface area contributed by atoms with Gasteiger partial charge in [0.15, 0.2) is 0 Å². The molecule has 0 aliphatic heterocycles. The summed E-state index contributed by atoms with van der Waals surface area (Å²) in [4.78, 5) is 2.41. The van der Waals surface area contributed by atoms with E-state index in [1.165, 1.54) is 86.3 Å². The summed E-state index contributed by atoms with van der Waals surface area (Å²) >= 11 is 1.88. The number of thiophene rings is 1. The maximum atomic E-state index is 2.49. The molecule has 0 aliphatic carbocycles. The van der Waals surface area contributed by atoms with E-state index in [1.54, 1.807) is 0 Å². The lowest BCUT2D eigenvalue weighted by Crippen LogP contribution is -2.10. The average molecular weight is 795 g/mol. The standard InChI is InChI=1S/C58H38N2S/c1-2-15-39(16-3-1)40-31-34-44(35-32-40)59(53-28-13-18-41-17-4-5-23-48(41)53)45-20-12-19-42(37-45)46-21-6-7-22-47(46)43-33-36-50-49-24-8-10-27-54(49)60(56(50)38-43)55-29-14-26-52-51-25-9-11-30-57(51)61-58(52)55/h1-38H. The van der Waals surface area contributed by atoms with E-state index in [1.807, 2.05) is 11.3 Å². The Morgan fingerprint density at radius 2 is 0.934 bits per heavy atom. The second-order valence-electron chi connectivity index (χ2n) is 15.7. The minimum Gasteiger partial charge on any atom is -0.310 e. The summed E-state index contributed by atoms with van der Waals surface area (Å²) in [5.41, 5.74) is 14.1. The number of aromatic nitrogens is 1. The first-order valence-electron chi connectivity index (χ1n) is 20.8. The van der Waals surface area contributed by atoms with E-state index < -0.39 is 0 Å². The van der Waals surface area contributed by atoms with Crippen LogP contribution in [0.2, 0.25) is 0 Å². The SMILES string of the molecule is c1ccc(-c2ccc(N(c3cccc(-c4ccccc4-c4ccc5c6ccccc6n(-c6cccc7c6sc6ccccc67)c5c4)c3)c3cccc4ccccc34)cc2)cc1. The number of para-hydroxylation sites is 1. The van der Waals surface area contributed by atoms with E-state index in [0.29, 0.717) is 0 Å². The highest BCUT2D eigenvalue weighted by atomic mass is 32.1. The molecule has 0 spiro atoms. The lowest BCUT2D eigenvalue weighted by atomic mass is 9.93. The number of hydrogen-bond donors (Lipinski definition) is 0. The third kappa shape index (κ3) is 5.93. The molecule has 12 rings (SSSR count). The molecule has 3 heteroatoms. The van der Waals surface area contributed by atoms with Crippen LogP contribution in [0.5, 0.6) is 0 Å².